The summed E-state index contributed by atoms with van der Waals surface area (Å²) < 4.78 is 0. The molecule has 0 unspecified atom stereocenters. The molecule has 20 heavy (non-hydrogen) atoms. The van der Waals surface area contributed by atoms with Crippen LogP contribution >= 0.6 is 11.6 Å². The molecule has 3 nitrogen and oxygen atoms in total. The van der Waals surface area contributed by atoms with Crippen molar-refractivity contribution < 1.29 is 0 Å². The molecule has 0 spiro atoms. The quantitative estimate of drug-likeness (QED) is 0.889. The summed E-state index contributed by atoms with van der Waals surface area (Å²) in [4.78, 5) is 0. The van der Waals surface area contributed by atoms with Gasteiger partial charge in [0.15, 0.2) is 11.0 Å². The Bertz CT molecular complexity index is 579. The Balaban J connectivity index is 1.67. The van der Waals surface area contributed by atoms with Gasteiger partial charge in [-0.05, 0) is 12.3 Å². The lowest BCUT2D eigenvalue weighted by molar-refractivity contribution is 0.345. The molecule has 0 radical (unpaired) electrons. The standard InChI is InChI=1S/C16H20ClN3/c17-15-13-8-4-5-9-14(13)16(20-19-15)18-11-10-12-6-2-1-3-7-12/h4-5,8-9,12H,1-3,6-7,10-11H2,(H,18,20). The van der Waals surface area contributed by atoms with Crippen LogP contribution in [0.25, 0.3) is 10.8 Å². The molecule has 0 amide bonds. The van der Waals surface area contributed by atoms with Gasteiger partial charge in [0.25, 0.3) is 0 Å². The van der Waals surface area contributed by atoms with E-state index in [0.29, 0.717) is 5.15 Å². The summed E-state index contributed by atoms with van der Waals surface area (Å²) >= 11 is 6.08. The maximum atomic E-state index is 6.08. The molecule has 4 heteroatoms. The monoisotopic (exact) mass is 289 g/mol. The number of benzene rings is 1. The predicted octanol–water partition coefficient (Wildman–Crippen LogP) is 4.67. The second-order valence-electron chi connectivity index (χ2n) is 5.60. The molecule has 1 aliphatic carbocycles. The van der Waals surface area contributed by atoms with Crippen molar-refractivity contribution in [3.05, 3.63) is 29.4 Å². The molecule has 1 aromatic carbocycles. The Morgan fingerprint density at radius 1 is 1.05 bits per heavy atom. The molecule has 0 aliphatic heterocycles. The van der Waals surface area contributed by atoms with Crippen molar-refractivity contribution in [2.24, 2.45) is 5.92 Å². The van der Waals surface area contributed by atoms with E-state index in [1.54, 1.807) is 0 Å². The Morgan fingerprint density at radius 2 is 1.80 bits per heavy atom. The largest absolute Gasteiger partial charge is 0.368 e. The molecule has 1 heterocycles. The van der Waals surface area contributed by atoms with Crippen molar-refractivity contribution >= 4 is 28.2 Å². The molecule has 1 fully saturated rings. The highest BCUT2D eigenvalue weighted by molar-refractivity contribution is 6.34. The van der Waals surface area contributed by atoms with Crippen LogP contribution in [0.3, 0.4) is 0 Å². The van der Waals surface area contributed by atoms with Crippen molar-refractivity contribution in [2.45, 2.75) is 38.5 Å². The highest BCUT2D eigenvalue weighted by Crippen LogP contribution is 2.28. The SMILES string of the molecule is Clc1nnc(NCCC2CCCCC2)c2ccccc12. The summed E-state index contributed by atoms with van der Waals surface area (Å²) in [6.45, 7) is 0.963. The summed E-state index contributed by atoms with van der Waals surface area (Å²) in [5.74, 6) is 1.73. The number of rotatable bonds is 4. The van der Waals surface area contributed by atoms with Crippen molar-refractivity contribution in [1.29, 1.82) is 0 Å². The molecule has 2 aromatic rings. The van der Waals surface area contributed by atoms with Crippen LogP contribution in [0.1, 0.15) is 38.5 Å². The summed E-state index contributed by atoms with van der Waals surface area (Å²) in [5.41, 5.74) is 0. The average molecular weight is 290 g/mol. The third kappa shape index (κ3) is 3.04. The zero-order chi connectivity index (χ0) is 13.8. The zero-order valence-corrected chi connectivity index (χ0v) is 12.4. The van der Waals surface area contributed by atoms with Crippen LogP contribution in [0.4, 0.5) is 5.82 Å². The van der Waals surface area contributed by atoms with Crippen LogP contribution in [-0.2, 0) is 0 Å². The first kappa shape index (κ1) is 13.6. The smallest absolute Gasteiger partial charge is 0.159 e. The zero-order valence-electron chi connectivity index (χ0n) is 11.6. The van der Waals surface area contributed by atoms with Crippen LogP contribution < -0.4 is 5.32 Å². The van der Waals surface area contributed by atoms with Gasteiger partial charge >= 0.3 is 0 Å². The van der Waals surface area contributed by atoms with Crippen molar-refractivity contribution in [3.8, 4) is 0 Å². The van der Waals surface area contributed by atoms with Gasteiger partial charge < -0.3 is 5.32 Å². The van der Waals surface area contributed by atoms with E-state index in [4.69, 9.17) is 11.6 Å². The van der Waals surface area contributed by atoms with E-state index in [1.807, 2.05) is 24.3 Å². The molecule has 0 bridgehead atoms. The van der Waals surface area contributed by atoms with Gasteiger partial charge in [-0.2, -0.15) is 0 Å². The predicted molar refractivity (Wildman–Crippen MR) is 84.2 cm³/mol. The number of nitrogens with one attached hydrogen (secondary N) is 1. The molecule has 1 aromatic heterocycles. The third-order valence-corrected chi connectivity index (χ3v) is 4.49. The molecule has 0 saturated heterocycles. The number of aromatic nitrogens is 2. The van der Waals surface area contributed by atoms with Gasteiger partial charge in [0.05, 0.1) is 0 Å². The normalized spacial score (nSPS) is 16.4. The first-order valence-corrected chi connectivity index (χ1v) is 7.87. The van der Waals surface area contributed by atoms with Gasteiger partial charge in [-0.1, -0.05) is 68.0 Å². The summed E-state index contributed by atoms with van der Waals surface area (Å²) in [5, 5.41) is 14.1. The average Bonchev–Trinajstić information content (AvgIpc) is 2.51. The fraction of sp³-hybridized carbons (Fsp3) is 0.500. The van der Waals surface area contributed by atoms with Crippen LogP contribution in [0.2, 0.25) is 5.15 Å². The van der Waals surface area contributed by atoms with E-state index in [-0.39, 0.29) is 0 Å². The molecule has 1 N–H and O–H groups in total. The minimum Gasteiger partial charge on any atom is -0.368 e. The van der Waals surface area contributed by atoms with Gasteiger partial charge in [0.1, 0.15) is 0 Å². The Kier molecular flexibility index (Phi) is 4.36. The van der Waals surface area contributed by atoms with Gasteiger partial charge in [0.2, 0.25) is 0 Å². The van der Waals surface area contributed by atoms with Crippen molar-refractivity contribution in [3.63, 3.8) is 0 Å². The van der Waals surface area contributed by atoms with Gasteiger partial charge in [0, 0.05) is 17.3 Å². The lowest BCUT2D eigenvalue weighted by Gasteiger charge is -2.21. The number of anilines is 1. The summed E-state index contributed by atoms with van der Waals surface area (Å²) in [6.07, 6.45) is 8.20. The second-order valence-corrected chi connectivity index (χ2v) is 5.96. The van der Waals surface area contributed by atoms with Crippen LogP contribution in [0.5, 0.6) is 0 Å². The second kappa shape index (κ2) is 6.40. The maximum absolute atomic E-state index is 6.08. The fourth-order valence-electron chi connectivity index (χ4n) is 3.07. The Labute approximate surface area is 124 Å². The molecule has 106 valence electrons. The van der Waals surface area contributed by atoms with Gasteiger partial charge in [-0.3, -0.25) is 0 Å². The number of fused-ring (bicyclic) bond motifs is 1. The Hall–Kier alpha value is -1.35. The van der Waals surface area contributed by atoms with Gasteiger partial charge in [-0.15, -0.1) is 10.2 Å². The number of hydrogen-bond acceptors (Lipinski definition) is 3. The number of hydrogen-bond donors (Lipinski definition) is 1. The molecular weight excluding hydrogens is 270 g/mol. The minimum absolute atomic E-state index is 0.471. The first-order valence-electron chi connectivity index (χ1n) is 7.49. The molecule has 1 saturated carbocycles. The minimum atomic E-state index is 0.471. The summed E-state index contributed by atoms with van der Waals surface area (Å²) in [7, 11) is 0. The van der Waals surface area contributed by atoms with E-state index in [9.17, 15) is 0 Å². The lowest BCUT2D eigenvalue weighted by Crippen LogP contribution is -2.13. The van der Waals surface area contributed by atoms with Crippen LogP contribution in [-0.4, -0.2) is 16.7 Å². The number of halogens is 1. The Morgan fingerprint density at radius 3 is 2.60 bits per heavy atom. The topological polar surface area (TPSA) is 37.8 Å². The van der Waals surface area contributed by atoms with E-state index in [0.717, 1.165) is 29.1 Å². The van der Waals surface area contributed by atoms with Crippen LogP contribution in [0.15, 0.2) is 24.3 Å². The fourth-order valence-corrected chi connectivity index (χ4v) is 3.27. The van der Waals surface area contributed by atoms with E-state index in [2.05, 4.69) is 15.5 Å². The molecular formula is C16H20ClN3. The van der Waals surface area contributed by atoms with Gasteiger partial charge in [-0.25, -0.2) is 0 Å². The lowest BCUT2D eigenvalue weighted by atomic mass is 9.87. The van der Waals surface area contributed by atoms with E-state index in [1.165, 1.54) is 38.5 Å². The summed E-state index contributed by atoms with van der Waals surface area (Å²) in [6, 6.07) is 8.01. The first-order chi connectivity index (χ1) is 9.84. The van der Waals surface area contributed by atoms with E-state index >= 15 is 0 Å². The molecule has 1 aliphatic rings. The number of nitrogens with zero attached hydrogens (tertiary/aromatic N) is 2. The maximum Gasteiger partial charge on any atom is 0.159 e. The highest BCUT2D eigenvalue weighted by Gasteiger charge is 2.13. The third-order valence-electron chi connectivity index (χ3n) is 4.21. The van der Waals surface area contributed by atoms with Crippen molar-refractivity contribution in [1.82, 2.24) is 10.2 Å². The van der Waals surface area contributed by atoms with E-state index < -0.39 is 0 Å². The van der Waals surface area contributed by atoms with Crippen molar-refractivity contribution in [2.75, 3.05) is 11.9 Å². The molecule has 0 atom stereocenters. The highest BCUT2D eigenvalue weighted by atomic mass is 35.5. The van der Waals surface area contributed by atoms with Crippen LogP contribution in [0, 0.1) is 5.92 Å². The molecule has 3 rings (SSSR count).